The van der Waals surface area contributed by atoms with Gasteiger partial charge in [0, 0.05) is 6.04 Å². The van der Waals surface area contributed by atoms with Crippen LogP contribution in [0.25, 0.3) is 0 Å². The van der Waals surface area contributed by atoms with Crippen LogP contribution in [0.15, 0.2) is 0 Å². The summed E-state index contributed by atoms with van der Waals surface area (Å²) in [6.07, 6.45) is 33.6. The summed E-state index contributed by atoms with van der Waals surface area (Å²) < 4.78 is 0. The third-order valence-electron chi connectivity index (χ3n) is 6.83. The first-order valence-corrected chi connectivity index (χ1v) is 14.8. The smallest absolute Gasteiger partial charge is 0.00509 e. The highest BCUT2D eigenvalue weighted by Gasteiger charge is 2.02. The lowest BCUT2D eigenvalue weighted by Gasteiger charge is -2.12. The molecule has 188 valence electrons. The highest BCUT2D eigenvalue weighted by molar-refractivity contribution is 4.63. The van der Waals surface area contributed by atoms with E-state index in [4.69, 9.17) is 5.73 Å². The molecule has 0 rings (SSSR count). The van der Waals surface area contributed by atoms with Gasteiger partial charge < -0.3 is 11.1 Å². The third-order valence-corrected chi connectivity index (χ3v) is 6.83. The van der Waals surface area contributed by atoms with Gasteiger partial charge in [-0.2, -0.15) is 0 Å². The second-order valence-electron chi connectivity index (χ2n) is 10.2. The Balaban J connectivity index is 3.13. The Labute approximate surface area is 198 Å². The van der Waals surface area contributed by atoms with Gasteiger partial charge in [0.25, 0.3) is 0 Å². The van der Waals surface area contributed by atoms with Crippen molar-refractivity contribution >= 4 is 0 Å². The molecular formula is C29H62N2. The molecule has 3 N–H and O–H groups in total. The average Bonchev–Trinajstić information content (AvgIpc) is 2.77. The molecule has 1 atom stereocenters. The molecule has 31 heavy (non-hydrogen) atoms. The molecule has 0 saturated heterocycles. The molecule has 0 heterocycles. The highest BCUT2D eigenvalue weighted by atomic mass is 14.8. The maximum absolute atomic E-state index is 6.30. The summed E-state index contributed by atoms with van der Waals surface area (Å²) in [4.78, 5) is 0. The van der Waals surface area contributed by atoms with Gasteiger partial charge in [-0.05, 0) is 32.4 Å². The molecule has 0 aromatic rings. The van der Waals surface area contributed by atoms with Gasteiger partial charge in [0.15, 0.2) is 0 Å². The summed E-state index contributed by atoms with van der Waals surface area (Å²) in [7, 11) is 0. The number of unbranched alkanes of at least 4 members (excludes halogenated alkanes) is 20. The van der Waals surface area contributed by atoms with Crippen molar-refractivity contribution in [3.63, 3.8) is 0 Å². The quantitative estimate of drug-likeness (QED) is 0.125. The van der Waals surface area contributed by atoms with Crippen molar-refractivity contribution in [3.8, 4) is 0 Å². The fourth-order valence-electron chi connectivity index (χ4n) is 4.54. The van der Waals surface area contributed by atoms with E-state index in [0.717, 1.165) is 13.0 Å². The molecule has 0 radical (unpaired) electrons. The lowest BCUT2D eigenvalue weighted by atomic mass is 10.0. The molecule has 0 amide bonds. The largest absolute Gasteiger partial charge is 0.328 e. The Morgan fingerprint density at radius 1 is 0.419 bits per heavy atom. The predicted octanol–water partition coefficient (Wildman–Crippen LogP) is 9.31. The van der Waals surface area contributed by atoms with Crippen LogP contribution in [0.4, 0.5) is 0 Å². The van der Waals surface area contributed by atoms with Crippen molar-refractivity contribution < 1.29 is 0 Å². The Bertz CT molecular complexity index is 305. The summed E-state index contributed by atoms with van der Waals surface area (Å²) in [6, 6.07) is 0.406. The summed E-state index contributed by atoms with van der Waals surface area (Å²) in [5.74, 6) is 0. The number of rotatable bonds is 27. The van der Waals surface area contributed by atoms with E-state index in [9.17, 15) is 0 Å². The number of hydrogen-bond donors (Lipinski definition) is 2. The topological polar surface area (TPSA) is 38.0 Å². The second kappa shape index (κ2) is 28.0. The summed E-state index contributed by atoms with van der Waals surface area (Å²) >= 11 is 0. The number of nitrogens with one attached hydrogen (secondary N) is 1. The van der Waals surface area contributed by atoms with Crippen LogP contribution in [-0.4, -0.2) is 19.1 Å². The normalized spacial score (nSPS) is 12.5. The second-order valence-corrected chi connectivity index (χ2v) is 10.2. The van der Waals surface area contributed by atoms with Gasteiger partial charge in [-0.1, -0.05) is 149 Å². The first kappa shape index (κ1) is 30.9. The summed E-state index contributed by atoms with van der Waals surface area (Å²) in [5.41, 5.74) is 6.30. The van der Waals surface area contributed by atoms with Gasteiger partial charge in [0.2, 0.25) is 0 Å². The maximum atomic E-state index is 6.30. The van der Waals surface area contributed by atoms with Crippen LogP contribution in [0.2, 0.25) is 0 Å². The van der Waals surface area contributed by atoms with Crippen LogP contribution >= 0.6 is 0 Å². The van der Waals surface area contributed by atoms with Crippen LogP contribution in [0, 0.1) is 0 Å². The average molecular weight is 439 g/mol. The van der Waals surface area contributed by atoms with Crippen molar-refractivity contribution in [2.75, 3.05) is 13.1 Å². The van der Waals surface area contributed by atoms with E-state index >= 15 is 0 Å². The summed E-state index contributed by atoms with van der Waals surface area (Å²) in [6.45, 7) is 6.88. The lowest BCUT2D eigenvalue weighted by Crippen LogP contribution is -2.27. The SMILES string of the molecule is CCCCCCCCCCCCCCC(N)CCNCCCCCCCCCCCC. The molecule has 0 fully saturated rings. The molecule has 0 aliphatic carbocycles. The Morgan fingerprint density at radius 3 is 1.19 bits per heavy atom. The fourth-order valence-corrected chi connectivity index (χ4v) is 4.54. The van der Waals surface area contributed by atoms with Crippen molar-refractivity contribution in [3.05, 3.63) is 0 Å². The van der Waals surface area contributed by atoms with Gasteiger partial charge in [0.1, 0.15) is 0 Å². The maximum Gasteiger partial charge on any atom is 0.00509 e. The minimum absolute atomic E-state index is 0.406. The monoisotopic (exact) mass is 438 g/mol. The van der Waals surface area contributed by atoms with Gasteiger partial charge in [-0.3, -0.25) is 0 Å². The fraction of sp³-hybridized carbons (Fsp3) is 1.00. The minimum Gasteiger partial charge on any atom is -0.328 e. The molecular weight excluding hydrogens is 376 g/mol. The van der Waals surface area contributed by atoms with Crippen LogP contribution in [0.1, 0.15) is 168 Å². The Hall–Kier alpha value is -0.0800. The highest BCUT2D eigenvalue weighted by Crippen LogP contribution is 2.13. The molecule has 2 heteroatoms. The number of nitrogens with two attached hydrogens (primary N) is 1. The Morgan fingerprint density at radius 2 is 0.774 bits per heavy atom. The molecule has 0 aliphatic rings. The zero-order chi connectivity index (χ0) is 22.7. The van der Waals surface area contributed by atoms with Crippen molar-refractivity contribution in [2.45, 2.75) is 174 Å². The molecule has 0 bridgehead atoms. The minimum atomic E-state index is 0.406. The van der Waals surface area contributed by atoms with Gasteiger partial charge in [0.05, 0.1) is 0 Å². The van der Waals surface area contributed by atoms with E-state index in [-0.39, 0.29) is 0 Å². The first-order chi connectivity index (χ1) is 15.3. The van der Waals surface area contributed by atoms with E-state index in [2.05, 4.69) is 19.2 Å². The van der Waals surface area contributed by atoms with Crippen molar-refractivity contribution in [2.24, 2.45) is 5.73 Å². The third kappa shape index (κ3) is 27.9. The van der Waals surface area contributed by atoms with Crippen LogP contribution in [-0.2, 0) is 0 Å². The van der Waals surface area contributed by atoms with E-state index in [1.807, 2.05) is 0 Å². The van der Waals surface area contributed by atoms with E-state index < -0.39 is 0 Å². The standard InChI is InChI=1S/C29H62N2/c1-3-5-7-9-11-13-15-16-17-19-21-23-25-29(30)26-28-31-27-24-22-20-18-14-12-10-8-6-4-2/h29,31H,3-28,30H2,1-2H3. The number of hydrogen-bond acceptors (Lipinski definition) is 2. The van der Waals surface area contributed by atoms with Crippen LogP contribution in [0.5, 0.6) is 0 Å². The van der Waals surface area contributed by atoms with E-state index in [1.54, 1.807) is 0 Å². The molecule has 0 aliphatic heterocycles. The van der Waals surface area contributed by atoms with Gasteiger partial charge >= 0.3 is 0 Å². The lowest BCUT2D eigenvalue weighted by molar-refractivity contribution is 0.485. The van der Waals surface area contributed by atoms with E-state index in [1.165, 1.54) is 154 Å². The van der Waals surface area contributed by atoms with E-state index in [0.29, 0.717) is 6.04 Å². The zero-order valence-electron chi connectivity index (χ0n) is 22.0. The molecule has 0 spiro atoms. The van der Waals surface area contributed by atoms with Crippen LogP contribution < -0.4 is 11.1 Å². The van der Waals surface area contributed by atoms with Gasteiger partial charge in [-0.15, -0.1) is 0 Å². The molecule has 0 aromatic carbocycles. The first-order valence-electron chi connectivity index (χ1n) is 14.8. The zero-order valence-corrected chi connectivity index (χ0v) is 22.0. The van der Waals surface area contributed by atoms with Crippen molar-refractivity contribution in [1.82, 2.24) is 5.32 Å². The van der Waals surface area contributed by atoms with Crippen molar-refractivity contribution in [1.29, 1.82) is 0 Å². The van der Waals surface area contributed by atoms with Gasteiger partial charge in [-0.25, -0.2) is 0 Å². The van der Waals surface area contributed by atoms with Crippen LogP contribution in [0.3, 0.4) is 0 Å². The molecule has 2 nitrogen and oxygen atoms in total. The molecule has 1 unspecified atom stereocenters. The molecule has 0 aromatic heterocycles. The molecule has 0 saturated carbocycles. The predicted molar refractivity (Wildman–Crippen MR) is 143 cm³/mol. The summed E-state index contributed by atoms with van der Waals surface area (Å²) in [5, 5.41) is 3.61. The Kier molecular flexibility index (Phi) is 27.9.